The molecule has 120 valence electrons. The first kappa shape index (κ1) is 15.6. The Morgan fingerprint density at radius 1 is 1.26 bits per heavy atom. The van der Waals surface area contributed by atoms with E-state index in [4.69, 9.17) is 0 Å². The van der Waals surface area contributed by atoms with Crippen molar-refractivity contribution in [3.63, 3.8) is 0 Å². The first-order chi connectivity index (χ1) is 11.2. The molecule has 2 aromatic heterocycles. The average Bonchev–Trinajstić information content (AvgIpc) is 3.05. The number of hydrogen-bond acceptors (Lipinski definition) is 4. The first-order valence-electron chi connectivity index (χ1n) is 8.21. The van der Waals surface area contributed by atoms with Crippen LogP contribution in [-0.4, -0.2) is 32.3 Å². The van der Waals surface area contributed by atoms with Crippen molar-refractivity contribution in [1.29, 1.82) is 0 Å². The summed E-state index contributed by atoms with van der Waals surface area (Å²) in [5.74, 6) is 0.227. The molecule has 1 aliphatic heterocycles. The van der Waals surface area contributed by atoms with Crippen molar-refractivity contribution in [3.8, 4) is 0 Å². The Bertz CT molecular complexity index is 659. The minimum atomic E-state index is 0.0934. The van der Waals surface area contributed by atoms with Gasteiger partial charge in [-0.2, -0.15) is 0 Å². The van der Waals surface area contributed by atoms with Crippen LogP contribution in [0.2, 0.25) is 0 Å². The summed E-state index contributed by atoms with van der Waals surface area (Å²) in [7, 11) is 0. The Labute approximate surface area is 136 Å². The Morgan fingerprint density at radius 2 is 2.09 bits per heavy atom. The SMILES string of the molecule is Cc1cncc(C2CCCN2C(=O)CCCc2ccncc2)n1. The van der Waals surface area contributed by atoms with Gasteiger partial charge < -0.3 is 4.90 Å². The van der Waals surface area contributed by atoms with Gasteiger partial charge in [-0.1, -0.05) is 0 Å². The fourth-order valence-electron chi connectivity index (χ4n) is 3.15. The maximum atomic E-state index is 12.6. The predicted molar refractivity (Wildman–Crippen MR) is 87.6 cm³/mol. The highest BCUT2D eigenvalue weighted by atomic mass is 16.2. The number of nitrogens with zero attached hydrogens (tertiary/aromatic N) is 4. The van der Waals surface area contributed by atoms with Crippen molar-refractivity contribution < 1.29 is 4.79 Å². The smallest absolute Gasteiger partial charge is 0.223 e. The molecule has 0 bridgehead atoms. The first-order valence-corrected chi connectivity index (χ1v) is 8.21. The van der Waals surface area contributed by atoms with Crippen LogP contribution in [-0.2, 0) is 11.2 Å². The molecule has 5 nitrogen and oxygen atoms in total. The minimum absolute atomic E-state index is 0.0934. The number of pyridine rings is 1. The molecule has 1 atom stereocenters. The van der Waals surface area contributed by atoms with E-state index in [0.29, 0.717) is 6.42 Å². The third-order valence-electron chi connectivity index (χ3n) is 4.29. The third-order valence-corrected chi connectivity index (χ3v) is 4.29. The minimum Gasteiger partial charge on any atom is -0.334 e. The summed E-state index contributed by atoms with van der Waals surface area (Å²) in [5, 5.41) is 0. The Morgan fingerprint density at radius 3 is 2.87 bits per heavy atom. The van der Waals surface area contributed by atoms with Crippen molar-refractivity contribution >= 4 is 5.91 Å². The average molecular weight is 310 g/mol. The topological polar surface area (TPSA) is 59.0 Å². The van der Waals surface area contributed by atoms with Crippen LogP contribution in [0.25, 0.3) is 0 Å². The van der Waals surface area contributed by atoms with Crippen LogP contribution in [0.4, 0.5) is 0 Å². The lowest BCUT2D eigenvalue weighted by Crippen LogP contribution is -2.31. The highest BCUT2D eigenvalue weighted by molar-refractivity contribution is 5.77. The molecule has 5 heteroatoms. The molecule has 2 aromatic rings. The molecule has 1 aliphatic rings. The van der Waals surface area contributed by atoms with Gasteiger partial charge in [0.05, 0.1) is 23.6 Å². The number of aryl methyl sites for hydroxylation is 2. The highest BCUT2D eigenvalue weighted by Gasteiger charge is 2.30. The van der Waals surface area contributed by atoms with Crippen LogP contribution in [0.5, 0.6) is 0 Å². The second-order valence-electron chi connectivity index (χ2n) is 6.04. The molecule has 23 heavy (non-hydrogen) atoms. The van der Waals surface area contributed by atoms with E-state index >= 15 is 0 Å². The quantitative estimate of drug-likeness (QED) is 0.852. The number of amides is 1. The molecular weight excluding hydrogens is 288 g/mol. The van der Waals surface area contributed by atoms with E-state index in [1.165, 1.54) is 5.56 Å². The van der Waals surface area contributed by atoms with E-state index in [9.17, 15) is 4.79 Å². The van der Waals surface area contributed by atoms with Crippen molar-refractivity contribution in [1.82, 2.24) is 19.9 Å². The van der Waals surface area contributed by atoms with Crippen LogP contribution >= 0.6 is 0 Å². The standard InChI is InChI=1S/C18H22N4O/c1-14-12-20-13-16(21-14)17-5-3-11-22(17)18(23)6-2-4-15-7-9-19-10-8-15/h7-10,12-13,17H,2-6,11H2,1H3. The van der Waals surface area contributed by atoms with Gasteiger partial charge in [-0.25, -0.2) is 0 Å². The molecule has 3 rings (SSSR count). The van der Waals surface area contributed by atoms with E-state index in [1.54, 1.807) is 24.8 Å². The van der Waals surface area contributed by atoms with Gasteiger partial charge in [0.15, 0.2) is 0 Å². The lowest BCUT2D eigenvalue weighted by Gasteiger charge is -2.24. The number of carbonyl (C=O) groups is 1. The van der Waals surface area contributed by atoms with Crippen molar-refractivity contribution in [2.75, 3.05) is 6.54 Å². The lowest BCUT2D eigenvalue weighted by atomic mass is 10.1. The molecule has 1 saturated heterocycles. The summed E-state index contributed by atoms with van der Waals surface area (Å²) >= 11 is 0. The number of hydrogen-bond donors (Lipinski definition) is 0. The zero-order valence-corrected chi connectivity index (χ0v) is 13.5. The van der Waals surface area contributed by atoms with Gasteiger partial charge in [0, 0.05) is 31.6 Å². The molecular formula is C18H22N4O. The van der Waals surface area contributed by atoms with Crippen LogP contribution in [0.3, 0.4) is 0 Å². The fraction of sp³-hybridized carbons (Fsp3) is 0.444. The summed E-state index contributed by atoms with van der Waals surface area (Å²) in [6.45, 7) is 2.76. The Hall–Kier alpha value is -2.30. The second kappa shape index (κ2) is 7.31. The maximum absolute atomic E-state index is 12.6. The summed E-state index contributed by atoms with van der Waals surface area (Å²) in [6, 6.07) is 4.10. The molecule has 1 unspecified atom stereocenters. The summed E-state index contributed by atoms with van der Waals surface area (Å²) < 4.78 is 0. The molecule has 0 aliphatic carbocycles. The van der Waals surface area contributed by atoms with Crippen LogP contribution in [0.15, 0.2) is 36.9 Å². The van der Waals surface area contributed by atoms with Crippen LogP contribution in [0.1, 0.15) is 48.7 Å². The predicted octanol–water partition coefficient (Wildman–Crippen LogP) is 2.87. The van der Waals surface area contributed by atoms with Gasteiger partial charge in [0.25, 0.3) is 0 Å². The second-order valence-corrected chi connectivity index (χ2v) is 6.04. The van der Waals surface area contributed by atoms with Gasteiger partial charge in [-0.3, -0.25) is 19.7 Å². The van der Waals surface area contributed by atoms with Gasteiger partial charge >= 0.3 is 0 Å². The molecule has 0 radical (unpaired) electrons. The Balaban J connectivity index is 1.58. The largest absolute Gasteiger partial charge is 0.334 e. The highest BCUT2D eigenvalue weighted by Crippen LogP contribution is 2.31. The summed E-state index contributed by atoms with van der Waals surface area (Å²) in [6.07, 6.45) is 11.5. The third kappa shape index (κ3) is 3.92. The zero-order chi connectivity index (χ0) is 16.1. The monoisotopic (exact) mass is 310 g/mol. The van der Waals surface area contributed by atoms with E-state index in [-0.39, 0.29) is 11.9 Å². The van der Waals surface area contributed by atoms with E-state index in [2.05, 4.69) is 15.0 Å². The normalized spacial score (nSPS) is 17.4. The molecule has 1 fully saturated rings. The van der Waals surface area contributed by atoms with Gasteiger partial charge in [0.2, 0.25) is 5.91 Å². The summed E-state index contributed by atoms with van der Waals surface area (Å²) in [4.78, 5) is 27.3. The fourth-order valence-corrected chi connectivity index (χ4v) is 3.15. The summed E-state index contributed by atoms with van der Waals surface area (Å²) in [5.41, 5.74) is 3.06. The molecule has 3 heterocycles. The molecule has 0 saturated carbocycles. The number of rotatable bonds is 5. The number of aromatic nitrogens is 3. The van der Waals surface area contributed by atoms with E-state index < -0.39 is 0 Å². The lowest BCUT2D eigenvalue weighted by molar-refractivity contribution is -0.132. The molecule has 0 spiro atoms. The maximum Gasteiger partial charge on any atom is 0.223 e. The van der Waals surface area contributed by atoms with Crippen molar-refractivity contribution in [3.05, 3.63) is 53.9 Å². The molecule has 0 N–H and O–H groups in total. The van der Waals surface area contributed by atoms with Crippen molar-refractivity contribution in [2.24, 2.45) is 0 Å². The molecule has 1 amide bonds. The number of likely N-dealkylation sites (tertiary alicyclic amines) is 1. The van der Waals surface area contributed by atoms with Gasteiger partial charge in [0.1, 0.15) is 0 Å². The Kier molecular flexibility index (Phi) is 4.95. The molecule has 0 aromatic carbocycles. The van der Waals surface area contributed by atoms with Gasteiger partial charge in [-0.05, 0) is 50.3 Å². The van der Waals surface area contributed by atoms with Crippen LogP contribution in [0, 0.1) is 6.92 Å². The van der Waals surface area contributed by atoms with Crippen molar-refractivity contribution in [2.45, 2.75) is 45.1 Å². The van der Waals surface area contributed by atoms with E-state index in [1.807, 2.05) is 24.0 Å². The van der Waals surface area contributed by atoms with E-state index in [0.717, 1.165) is 43.6 Å². The van der Waals surface area contributed by atoms with Crippen LogP contribution < -0.4 is 0 Å². The zero-order valence-electron chi connectivity index (χ0n) is 13.5. The number of carbonyl (C=O) groups excluding carboxylic acids is 1. The van der Waals surface area contributed by atoms with Gasteiger partial charge in [-0.15, -0.1) is 0 Å².